The van der Waals surface area contributed by atoms with Crippen LogP contribution in [0.4, 0.5) is 0 Å². The quantitative estimate of drug-likeness (QED) is 0.769. The predicted molar refractivity (Wildman–Crippen MR) is 63.5 cm³/mol. The highest BCUT2D eigenvalue weighted by molar-refractivity contribution is 6.07. The van der Waals surface area contributed by atoms with Crippen LogP contribution in [0.1, 0.15) is 16.1 Å². The van der Waals surface area contributed by atoms with Crippen LogP contribution in [0.25, 0.3) is 0 Å². The van der Waals surface area contributed by atoms with E-state index < -0.39 is 0 Å². The molecule has 0 spiro atoms. The lowest BCUT2D eigenvalue weighted by atomic mass is 10.1. The van der Waals surface area contributed by atoms with Gasteiger partial charge >= 0.3 is 0 Å². The first-order valence-corrected chi connectivity index (χ1v) is 5.45. The second-order valence-electron chi connectivity index (χ2n) is 3.78. The molecule has 0 unspecified atom stereocenters. The number of allylic oxidation sites excluding steroid dienone is 1. The molecule has 92 valence electrons. The van der Waals surface area contributed by atoms with Crippen LogP contribution < -0.4 is 9.47 Å². The third-order valence-electron chi connectivity index (χ3n) is 2.57. The van der Waals surface area contributed by atoms with Crippen LogP contribution in [-0.2, 0) is 0 Å². The van der Waals surface area contributed by atoms with E-state index in [1.807, 2.05) is 6.07 Å². The maximum Gasteiger partial charge on any atom is 0.239 e. The molecule has 1 aliphatic rings. The standard InChI is InChI=1S/C14H7NO4/c15-7-10-8-18-13-6-9(3-4-11(13)19-10)14(16)12-2-1-5-17-12/h1-6,8H. The molecule has 1 aromatic carbocycles. The van der Waals surface area contributed by atoms with Gasteiger partial charge in [0.2, 0.25) is 11.5 Å². The van der Waals surface area contributed by atoms with Crippen molar-refractivity contribution < 1.29 is 18.7 Å². The highest BCUT2D eigenvalue weighted by Crippen LogP contribution is 2.33. The Morgan fingerprint density at radius 1 is 1.21 bits per heavy atom. The summed E-state index contributed by atoms with van der Waals surface area (Å²) < 4.78 is 15.5. The summed E-state index contributed by atoms with van der Waals surface area (Å²) in [5.74, 6) is 0.862. The molecule has 0 fully saturated rings. The third kappa shape index (κ3) is 1.96. The van der Waals surface area contributed by atoms with Gasteiger partial charge in [-0.05, 0) is 30.3 Å². The number of nitrogens with zero attached hydrogens (tertiary/aromatic N) is 1. The van der Waals surface area contributed by atoms with Crippen LogP contribution in [0.2, 0.25) is 0 Å². The number of ether oxygens (including phenoxy) is 2. The first-order valence-electron chi connectivity index (χ1n) is 5.45. The topological polar surface area (TPSA) is 72.5 Å². The second-order valence-corrected chi connectivity index (χ2v) is 3.78. The normalized spacial score (nSPS) is 12.5. The van der Waals surface area contributed by atoms with E-state index in [9.17, 15) is 4.79 Å². The lowest BCUT2D eigenvalue weighted by Gasteiger charge is -2.14. The zero-order chi connectivity index (χ0) is 13.2. The number of nitriles is 1. The molecule has 5 heteroatoms. The summed E-state index contributed by atoms with van der Waals surface area (Å²) in [7, 11) is 0. The van der Waals surface area contributed by atoms with E-state index in [0.717, 1.165) is 0 Å². The molecule has 0 N–H and O–H groups in total. The van der Waals surface area contributed by atoms with Gasteiger partial charge in [-0.3, -0.25) is 4.79 Å². The fraction of sp³-hybridized carbons (Fsp3) is 0. The minimum absolute atomic E-state index is 0.0672. The largest absolute Gasteiger partial charge is 0.461 e. The van der Waals surface area contributed by atoms with Crippen LogP contribution in [-0.4, -0.2) is 5.78 Å². The van der Waals surface area contributed by atoms with Gasteiger partial charge in [0.1, 0.15) is 12.3 Å². The number of hydrogen-bond donors (Lipinski definition) is 0. The van der Waals surface area contributed by atoms with Gasteiger partial charge in [-0.2, -0.15) is 5.26 Å². The average Bonchev–Trinajstić information content (AvgIpc) is 2.99. The van der Waals surface area contributed by atoms with Crippen molar-refractivity contribution in [3.05, 3.63) is 59.9 Å². The van der Waals surface area contributed by atoms with Crippen LogP contribution in [0.5, 0.6) is 11.5 Å². The van der Waals surface area contributed by atoms with Gasteiger partial charge in [-0.25, -0.2) is 0 Å². The number of carbonyl (C=O) groups is 1. The maximum absolute atomic E-state index is 12.1. The van der Waals surface area contributed by atoms with Crippen molar-refractivity contribution in [3.63, 3.8) is 0 Å². The Kier molecular flexibility index (Phi) is 2.54. The van der Waals surface area contributed by atoms with E-state index in [-0.39, 0.29) is 17.3 Å². The molecule has 2 heterocycles. The van der Waals surface area contributed by atoms with E-state index in [0.29, 0.717) is 17.1 Å². The number of hydrogen-bond acceptors (Lipinski definition) is 5. The van der Waals surface area contributed by atoms with E-state index in [4.69, 9.17) is 19.2 Å². The Labute approximate surface area is 108 Å². The molecule has 0 amide bonds. The summed E-state index contributed by atoms with van der Waals surface area (Å²) in [6, 6.07) is 9.79. The van der Waals surface area contributed by atoms with Crippen LogP contribution in [0.3, 0.4) is 0 Å². The van der Waals surface area contributed by atoms with Crippen molar-refractivity contribution in [2.75, 3.05) is 0 Å². The molecule has 0 saturated heterocycles. The van der Waals surface area contributed by atoms with E-state index in [2.05, 4.69) is 0 Å². The van der Waals surface area contributed by atoms with Gasteiger partial charge in [0.15, 0.2) is 17.3 Å². The SMILES string of the molecule is N#CC1=COc2cc(C(=O)c3ccco3)ccc2O1. The smallest absolute Gasteiger partial charge is 0.239 e. The van der Waals surface area contributed by atoms with Crippen molar-refractivity contribution in [1.82, 2.24) is 0 Å². The van der Waals surface area contributed by atoms with E-state index >= 15 is 0 Å². The third-order valence-corrected chi connectivity index (χ3v) is 2.57. The van der Waals surface area contributed by atoms with Crippen molar-refractivity contribution in [2.24, 2.45) is 0 Å². The summed E-state index contributed by atoms with van der Waals surface area (Å²) >= 11 is 0. The van der Waals surface area contributed by atoms with Crippen LogP contribution in [0, 0.1) is 11.3 Å². The number of furan rings is 1. The Balaban J connectivity index is 1.93. The van der Waals surface area contributed by atoms with Gasteiger partial charge in [0.25, 0.3) is 0 Å². The Morgan fingerprint density at radius 2 is 2.11 bits per heavy atom. The molecule has 5 nitrogen and oxygen atoms in total. The number of fused-ring (bicyclic) bond motifs is 1. The zero-order valence-electron chi connectivity index (χ0n) is 9.62. The molecule has 3 rings (SSSR count). The Bertz CT molecular complexity index is 708. The molecule has 0 bridgehead atoms. The van der Waals surface area contributed by atoms with Crippen LogP contribution in [0.15, 0.2) is 53.0 Å². The lowest BCUT2D eigenvalue weighted by molar-refractivity contribution is 0.101. The highest BCUT2D eigenvalue weighted by Gasteiger charge is 2.18. The molecule has 0 aliphatic carbocycles. The average molecular weight is 253 g/mol. The van der Waals surface area contributed by atoms with Crippen molar-refractivity contribution >= 4 is 5.78 Å². The summed E-state index contributed by atoms with van der Waals surface area (Å²) in [6.45, 7) is 0. The number of ketones is 1. The van der Waals surface area contributed by atoms with Gasteiger partial charge < -0.3 is 13.9 Å². The summed E-state index contributed by atoms with van der Waals surface area (Å²) in [6.07, 6.45) is 2.64. The first kappa shape index (κ1) is 11.1. The summed E-state index contributed by atoms with van der Waals surface area (Å²) in [4.78, 5) is 12.1. The number of rotatable bonds is 2. The molecule has 0 atom stereocenters. The summed E-state index contributed by atoms with van der Waals surface area (Å²) in [5.41, 5.74) is 0.422. The molecule has 0 saturated carbocycles. The minimum atomic E-state index is -0.244. The van der Waals surface area contributed by atoms with Gasteiger partial charge in [0.05, 0.1) is 6.26 Å². The molecular formula is C14H7NO4. The second kappa shape index (κ2) is 4.35. The predicted octanol–water partition coefficient (Wildman–Crippen LogP) is 2.65. The molecule has 1 aliphatic heterocycles. The highest BCUT2D eigenvalue weighted by atomic mass is 16.6. The molecular weight excluding hydrogens is 246 g/mol. The van der Waals surface area contributed by atoms with Gasteiger partial charge in [0, 0.05) is 5.56 Å². The number of benzene rings is 1. The number of carbonyl (C=O) groups excluding carboxylic acids is 1. The first-order chi connectivity index (χ1) is 9.28. The van der Waals surface area contributed by atoms with Crippen molar-refractivity contribution in [2.45, 2.75) is 0 Å². The van der Waals surface area contributed by atoms with Gasteiger partial charge in [-0.15, -0.1) is 0 Å². The lowest BCUT2D eigenvalue weighted by Crippen LogP contribution is -2.05. The van der Waals surface area contributed by atoms with Gasteiger partial charge in [-0.1, -0.05) is 0 Å². The monoisotopic (exact) mass is 253 g/mol. The Morgan fingerprint density at radius 3 is 2.84 bits per heavy atom. The molecule has 1 aromatic heterocycles. The van der Waals surface area contributed by atoms with Crippen molar-refractivity contribution in [3.8, 4) is 17.6 Å². The maximum atomic E-state index is 12.1. The van der Waals surface area contributed by atoms with Crippen molar-refractivity contribution in [1.29, 1.82) is 5.26 Å². The summed E-state index contributed by atoms with van der Waals surface area (Å²) in [5, 5.41) is 8.69. The fourth-order valence-corrected chi connectivity index (χ4v) is 1.68. The zero-order valence-corrected chi connectivity index (χ0v) is 9.62. The molecule has 0 radical (unpaired) electrons. The van der Waals surface area contributed by atoms with E-state index in [1.54, 1.807) is 30.3 Å². The molecule has 19 heavy (non-hydrogen) atoms. The fourth-order valence-electron chi connectivity index (χ4n) is 1.68. The minimum Gasteiger partial charge on any atom is -0.461 e. The Hall–Kier alpha value is -3.00. The van der Waals surface area contributed by atoms with Crippen LogP contribution >= 0.6 is 0 Å². The molecule has 2 aromatic rings. The van der Waals surface area contributed by atoms with E-state index in [1.165, 1.54) is 12.5 Å².